The van der Waals surface area contributed by atoms with Gasteiger partial charge < -0.3 is 11.1 Å². The second-order valence-electron chi connectivity index (χ2n) is 7.40. The highest BCUT2D eigenvalue weighted by Gasteiger charge is 2.11. The van der Waals surface area contributed by atoms with Crippen molar-refractivity contribution in [1.29, 1.82) is 0 Å². The minimum atomic E-state index is -0.221. The fourth-order valence-corrected chi connectivity index (χ4v) is 3.69. The van der Waals surface area contributed by atoms with E-state index in [0.29, 0.717) is 35.1 Å². The zero-order valence-corrected chi connectivity index (χ0v) is 17.9. The van der Waals surface area contributed by atoms with Crippen LogP contribution in [0.15, 0.2) is 48.8 Å². The van der Waals surface area contributed by atoms with Crippen LogP contribution in [0.2, 0.25) is 5.02 Å². The highest BCUT2D eigenvalue weighted by Crippen LogP contribution is 2.20. The van der Waals surface area contributed by atoms with Gasteiger partial charge in [0.2, 0.25) is 0 Å². The summed E-state index contributed by atoms with van der Waals surface area (Å²) < 4.78 is 0. The third kappa shape index (κ3) is 4.78. The normalized spacial score (nSPS) is 10.9. The zero-order chi connectivity index (χ0) is 22.0. The van der Waals surface area contributed by atoms with E-state index in [2.05, 4.69) is 25.5 Å². The molecule has 0 radical (unpaired) electrons. The van der Waals surface area contributed by atoms with E-state index < -0.39 is 0 Å². The Bertz CT molecular complexity index is 1270. The molecule has 0 saturated carbocycles. The second kappa shape index (κ2) is 8.65. The third-order valence-electron chi connectivity index (χ3n) is 5.06. The minimum Gasteiger partial charge on any atom is -0.384 e. The van der Waals surface area contributed by atoms with Crippen LogP contribution in [0, 0.1) is 13.8 Å². The van der Waals surface area contributed by atoms with Gasteiger partial charge in [-0.15, -0.1) is 0 Å². The van der Waals surface area contributed by atoms with Gasteiger partial charge in [0, 0.05) is 30.2 Å². The topological polar surface area (TPSA) is 107 Å². The van der Waals surface area contributed by atoms with Crippen molar-refractivity contribution in [2.75, 3.05) is 5.73 Å². The molecule has 0 aliphatic carbocycles. The summed E-state index contributed by atoms with van der Waals surface area (Å²) in [6.07, 6.45) is 3.63. The van der Waals surface area contributed by atoms with Crippen LogP contribution in [-0.2, 0) is 13.0 Å². The average Bonchev–Trinajstić information content (AvgIpc) is 2.72. The molecule has 3 heterocycles. The van der Waals surface area contributed by atoms with E-state index in [4.69, 9.17) is 17.3 Å². The maximum atomic E-state index is 12.7. The molecule has 0 spiro atoms. The Kier molecular flexibility index (Phi) is 5.77. The number of carbonyl (C=O) groups is 1. The Morgan fingerprint density at radius 1 is 1.13 bits per heavy atom. The molecule has 0 saturated heterocycles. The quantitative estimate of drug-likeness (QED) is 0.496. The average molecular weight is 433 g/mol. The van der Waals surface area contributed by atoms with Gasteiger partial charge in [-0.2, -0.15) is 10.2 Å². The van der Waals surface area contributed by atoms with Gasteiger partial charge in [0.1, 0.15) is 5.82 Å². The molecule has 1 amide bonds. The van der Waals surface area contributed by atoms with Crippen LogP contribution in [0.4, 0.5) is 5.82 Å². The number of anilines is 1. The SMILES string of the molecule is Cc1cc(N)nc(C)c1CNC(=O)c1cnnc(Cc2ccc3ncc(Cl)cc3c2)c1. The van der Waals surface area contributed by atoms with Crippen molar-refractivity contribution < 1.29 is 4.79 Å². The molecular weight excluding hydrogens is 412 g/mol. The summed E-state index contributed by atoms with van der Waals surface area (Å²) in [7, 11) is 0. The number of pyridine rings is 2. The second-order valence-corrected chi connectivity index (χ2v) is 7.84. The smallest absolute Gasteiger partial charge is 0.253 e. The van der Waals surface area contributed by atoms with Crippen molar-refractivity contribution in [3.8, 4) is 0 Å². The number of nitrogen functional groups attached to an aromatic ring is 1. The van der Waals surface area contributed by atoms with Crippen LogP contribution in [0.25, 0.3) is 10.9 Å². The first-order chi connectivity index (χ1) is 14.9. The summed E-state index contributed by atoms with van der Waals surface area (Å²) in [6, 6.07) is 11.4. The molecule has 0 fully saturated rings. The number of hydrogen-bond donors (Lipinski definition) is 2. The lowest BCUT2D eigenvalue weighted by Crippen LogP contribution is -2.24. The molecule has 4 rings (SSSR count). The first kappa shape index (κ1) is 20.7. The van der Waals surface area contributed by atoms with Crippen LogP contribution in [0.1, 0.15) is 38.4 Å². The summed E-state index contributed by atoms with van der Waals surface area (Å²) in [4.78, 5) is 21.2. The lowest BCUT2D eigenvalue weighted by molar-refractivity contribution is 0.0950. The first-order valence-electron chi connectivity index (χ1n) is 9.75. The molecule has 7 nitrogen and oxygen atoms in total. The van der Waals surface area contributed by atoms with Crippen molar-refractivity contribution in [3.63, 3.8) is 0 Å². The molecule has 0 bridgehead atoms. The largest absolute Gasteiger partial charge is 0.384 e. The maximum Gasteiger partial charge on any atom is 0.253 e. The summed E-state index contributed by atoms with van der Waals surface area (Å²) in [5.41, 5.74) is 11.6. The van der Waals surface area contributed by atoms with Gasteiger partial charge >= 0.3 is 0 Å². The van der Waals surface area contributed by atoms with Gasteiger partial charge in [0.05, 0.1) is 28.0 Å². The molecule has 0 atom stereocenters. The maximum absolute atomic E-state index is 12.7. The van der Waals surface area contributed by atoms with Gasteiger partial charge in [-0.05, 0) is 60.9 Å². The van der Waals surface area contributed by atoms with Crippen LogP contribution in [-0.4, -0.2) is 26.1 Å². The Morgan fingerprint density at radius 2 is 1.97 bits per heavy atom. The molecule has 3 aromatic heterocycles. The van der Waals surface area contributed by atoms with E-state index in [-0.39, 0.29) is 5.91 Å². The Hall–Kier alpha value is -3.58. The van der Waals surface area contributed by atoms with Crippen molar-refractivity contribution in [3.05, 3.63) is 87.5 Å². The van der Waals surface area contributed by atoms with E-state index in [9.17, 15) is 4.79 Å². The highest BCUT2D eigenvalue weighted by atomic mass is 35.5. The zero-order valence-electron chi connectivity index (χ0n) is 17.2. The van der Waals surface area contributed by atoms with E-state index in [0.717, 1.165) is 33.3 Å². The predicted molar refractivity (Wildman–Crippen MR) is 121 cm³/mol. The number of aromatic nitrogens is 4. The summed E-state index contributed by atoms with van der Waals surface area (Å²) in [6.45, 7) is 4.19. The molecule has 3 N–H and O–H groups in total. The molecule has 0 unspecified atom stereocenters. The Morgan fingerprint density at radius 3 is 2.77 bits per heavy atom. The molecule has 8 heteroatoms. The van der Waals surface area contributed by atoms with Gasteiger partial charge in [0.25, 0.3) is 5.91 Å². The first-order valence-corrected chi connectivity index (χ1v) is 10.1. The number of hydrogen-bond acceptors (Lipinski definition) is 6. The standard InChI is InChI=1S/C23H21ClN6O/c1-13-5-22(25)29-14(2)20(13)12-27-23(31)17-9-19(30-28-10-17)7-15-3-4-21-16(6-15)8-18(24)11-26-21/h3-6,8-11H,7,12H2,1-2H3,(H2,25,29)(H,27,31). The van der Waals surface area contributed by atoms with E-state index in [1.807, 2.05) is 38.1 Å². The number of halogens is 1. The third-order valence-corrected chi connectivity index (χ3v) is 5.27. The number of carbonyl (C=O) groups excluding carboxylic acids is 1. The monoisotopic (exact) mass is 432 g/mol. The molecule has 4 aromatic rings. The number of fused-ring (bicyclic) bond motifs is 1. The van der Waals surface area contributed by atoms with Crippen molar-refractivity contribution >= 4 is 34.2 Å². The van der Waals surface area contributed by atoms with Crippen molar-refractivity contribution in [2.24, 2.45) is 0 Å². The summed E-state index contributed by atoms with van der Waals surface area (Å²) >= 11 is 6.05. The van der Waals surface area contributed by atoms with Gasteiger partial charge in [-0.25, -0.2) is 4.98 Å². The molecular formula is C23H21ClN6O. The van der Waals surface area contributed by atoms with Gasteiger partial charge in [-0.3, -0.25) is 9.78 Å². The lowest BCUT2D eigenvalue weighted by Gasteiger charge is -2.11. The Labute approximate surface area is 184 Å². The van der Waals surface area contributed by atoms with Gasteiger partial charge in [0.15, 0.2) is 0 Å². The van der Waals surface area contributed by atoms with Crippen molar-refractivity contribution in [2.45, 2.75) is 26.8 Å². The minimum absolute atomic E-state index is 0.221. The predicted octanol–water partition coefficient (Wildman–Crippen LogP) is 3.79. The molecule has 1 aromatic carbocycles. The number of amides is 1. The lowest BCUT2D eigenvalue weighted by atomic mass is 10.1. The number of nitrogens with two attached hydrogens (primary N) is 1. The molecule has 156 valence electrons. The van der Waals surface area contributed by atoms with Gasteiger partial charge in [-0.1, -0.05) is 17.7 Å². The number of aryl methyl sites for hydroxylation is 2. The van der Waals surface area contributed by atoms with Crippen molar-refractivity contribution in [1.82, 2.24) is 25.5 Å². The summed E-state index contributed by atoms with van der Waals surface area (Å²) in [5.74, 6) is 0.251. The van der Waals surface area contributed by atoms with Crippen LogP contribution in [0.3, 0.4) is 0 Å². The number of benzene rings is 1. The molecule has 0 aliphatic rings. The van der Waals surface area contributed by atoms with Crippen LogP contribution >= 0.6 is 11.6 Å². The molecule has 0 aliphatic heterocycles. The van der Waals surface area contributed by atoms with E-state index in [1.165, 1.54) is 6.20 Å². The van der Waals surface area contributed by atoms with E-state index >= 15 is 0 Å². The van der Waals surface area contributed by atoms with E-state index in [1.54, 1.807) is 18.3 Å². The fraction of sp³-hybridized carbons (Fsp3) is 0.174. The highest BCUT2D eigenvalue weighted by molar-refractivity contribution is 6.31. The molecule has 31 heavy (non-hydrogen) atoms. The fourth-order valence-electron chi connectivity index (χ4n) is 3.52. The van der Waals surface area contributed by atoms with Crippen LogP contribution < -0.4 is 11.1 Å². The summed E-state index contributed by atoms with van der Waals surface area (Å²) in [5, 5.41) is 12.7. The number of nitrogens with one attached hydrogen (secondary N) is 1. The van der Waals surface area contributed by atoms with Crippen LogP contribution in [0.5, 0.6) is 0 Å². The Balaban J connectivity index is 1.48. The number of nitrogens with zero attached hydrogens (tertiary/aromatic N) is 4. The number of rotatable bonds is 5.